The largest absolute Gasteiger partial charge is 0.481 e. The van der Waals surface area contributed by atoms with Crippen molar-refractivity contribution in [2.45, 2.75) is 33.1 Å². The lowest BCUT2D eigenvalue weighted by molar-refractivity contribution is -0.137. The Bertz CT molecular complexity index is 126. The second-order valence-electron chi connectivity index (χ2n) is 3.09. The van der Waals surface area contributed by atoms with Crippen LogP contribution >= 0.6 is 11.8 Å². The van der Waals surface area contributed by atoms with Crippen LogP contribution in [0.5, 0.6) is 0 Å². The van der Waals surface area contributed by atoms with Gasteiger partial charge in [0.15, 0.2) is 0 Å². The summed E-state index contributed by atoms with van der Waals surface area (Å²) in [6.07, 6.45) is 2.33. The number of thioether (sulfide) groups is 1. The van der Waals surface area contributed by atoms with Crippen LogP contribution in [0.2, 0.25) is 0 Å². The molecule has 0 saturated carbocycles. The monoisotopic (exact) mass is 190 g/mol. The molecule has 0 spiro atoms. The molecule has 0 heterocycles. The molecule has 0 aliphatic carbocycles. The highest BCUT2D eigenvalue weighted by Gasteiger charge is 1.99. The smallest absolute Gasteiger partial charge is 0.303 e. The van der Waals surface area contributed by atoms with E-state index >= 15 is 0 Å². The van der Waals surface area contributed by atoms with Gasteiger partial charge in [-0.05, 0) is 23.8 Å². The summed E-state index contributed by atoms with van der Waals surface area (Å²) in [7, 11) is 0. The van der Waals surface area contributed by atoms with Crippen molar-refractivity contribution in [3.63, 3.8) is 0 Å². The van der Waals surface area contributed by atoms with Crippen LogP contribution in [0.3, 0.4) is 0 Å². The maximum Gasteiger partial charge on any atom is 0.303 e. The average molecular weight is 190 g/mol. The van der Waals surface area contributed by atoms with Crippen LogP contribution in [0.25, 0.3) is 0 Å². The number of hydrogen-bond acceptors (Lipinski definition) is 2. The Morgan fingerprint density at radius 3 is 2.75 bits per heavy atom. The maximum absolute atomic E-state index is 10.1. The third kappa shape index (κ3) is 7.92. The number of carboxylic acid groups (broad SMARTS) is 1. The average Bonchev–Trinajstić information content (AvgIpc) is 2.03. The highest BCUT2D eigenvalue weighted by atomic mass is 32.2. The topological polar surface area (TPSA) is 37.3 Å². The molecule has 0 aromatic rings. The fraction of sp³-hybridized carbons (Fsp3) is 0.889. The zero-order chi connectivity index (χ0) is 9.40. The van der Waals surface area contributed by atoms with Crippen molar-refractivity contribution in [1.29, 1.82) is 0 Å². The van der Waals surface area contributed by atoms with Gasteiger partial charge in [-0.2, -0.15) is 11.8 Å². The Hall–Kier alpha value is -0.180. The number of hydrogen-bond donors (Lipinski definition) is 1. The molecule has 3 heteroatoms. The predicted octanol–water partition coefficient (Wildman–Crippen LogP) is 2.63. The summed E-state index contributed by atoms with van der Waals surface area (Å²) in [5.74, 6) is 2.23. The second kappa shape index (κ2) is 7.47. The first-order chi connectivity index (χ1) is 5.66. The highest BCUT2D eigenvalue weighted by Crippen LogP contribution is 2.12. The highest BCUT2D eigenvalue weighted by molar-refractivity contribution is 7.99. The van der Waals surface area contributed by atoms with Crippen molar-refractivity contribution < 1.29 is 9.90 Å². The van der Waals surface area contributed by atoms with Gasteiger partial charge >= 0.3 is 5.97 Å². The van der Waals surface area contributed by atoms with Crippen molar-refractivity contribution in [2.75, 3.05) is 11.5 Å². The summed E-state index contributed by atoms with van der Waals surface area (Å²) < 4.78 is 0. The molecule has 1 atom stereocenters. The first kappa shape index (κ1) is 11.8. The molecule has 0 aliphatic heterocycles. The lowest BCUT2D eigenvalue weighted by atomic mass is 10.2. The normalized spacial score (nSPS) is 12.8. The van der Waals surface area contributed by atoms with Crippen molar-refractivity contribution in [1.82, 2.24) is 0 Å². The molecule has 0 aliphatic rings. The van der Waals surface area contributed by atoms with Gasteiger partial charge in [0, 0.05) is 6.42 Å². The van der Waals surface area contributed by atoms with E-state index in [1.807, 2.05) is 11.8 Å². The zero-order valence-corrected chi connectivity index (χ0v) is 8.69. The number of aliphatic carboxylic acids is 1. The Kier molecular flexibility index (Phi) is 7.36. The van der Waals surface area contributed by atoms with Gasteiger partial charge < -0.3 is 5.11 Å². The number of carboxylic acids is 1. The first-order valence-electron chi connectivity index (χ1n) is 4.46. The van der Waals surface area contributed by atoms with Gasteiger partial charge in [0.1, 0.15) is 0 Å². The van der Waals surface area contributed by atoms with Gasteiger partial charge in [0.25, 0.3) is 0 Å². The lowest BCUT2D eigenvalue weighted by Gasteiger charge is -2.06. The van der Waals surface area contributed by atoms with Crippen LogP contribution in [-0.2, 0) is 4.79 Å². The molecule has 0 saturated heterocycles. The summed E-state index contributed by atoms with van der Waals surface area (Å²) >= 11 is 1.86. The van der Waals surface area contributed by atoms with Crippen molar-refractivity contribution in [3.8, 4) is 0 Å². The molecule has 12 heavy (non-hydrogen) atoms. The van der Waals surface area contributed by atoms with Crippen LogP contribution in [0.15, 0.2) is 0 Å². The third-order valence-corrected chi connectivity index (χ3v) is 3.16. The molecule has 0 aromatic heterocycles. The molecular formula is C9H18O2S. The Morgan fingerprint density at radius 2 is 2.25 bits per heavy atom. The van der Waals surface area contributed by atoms with Gasteiger partial charge in [-0.15, -0.1) is 0 Å². The van der Waals surface area contributed by atoms with Crippen molar-refractivity contribution in [2.24, 2.45) is 5.92 Å². The molecule has 1 unspecified atom stereocenters. The minimum atomic E-state index is -0.681. The minimum absolute atomic E-state index is 0.313. The molecule has 0 bridgehead atoms. The van der Waals surface area contributed by atoms with Gasteiger partial charge in [0.05, 0.1) is 0 Å². The minimum Gasteiger partial charge on any atom is -0.481 e. The van der Waals surface area contributed by atoms with Gasteiger partial charge in [-0.25, -0.2) is 0 Å². The van der Waals surface area contributed by atoms with E-state index in [0.29, 0.717) is 6.42 Å². The Labute approximate surface area is 78.7 Å². The second-order valence-corrected chi connectivity index (χ2v) is 4.24. The fourth-order valence-corrected chi connectivity index (χ4v) is 1.88. The SMILES string of the molecule is CCC(C)CSCCCC(=O)O. The van der Waals surface area contributed by atoms with Crippen LogP contribution in [-0.4, -0.2) is 22.6 Å². The standard InChI is InChI=1S/C9H18O2S/c1-3-8(2)7-12-6-4-5-9(10)11/h8H,3-7H2,1-2H3,(H,10,11). The first-order valence-corrected chi connectivity index (χ1v) is 5.61. The van der Waals surface area contributed by atoms with Gasteiger partial charge in [-0.3, -0.25) is 4.79 Å². The van der Waals surface area contributed by atoms with E-state index in [0.717, 1.165) is 23.8 Å². The van der Waals surface area contributed by atoms with Crippen molar-refractivity contribution in [3.05, 3.63) is 0 Å². The maximum atomic E-state index is 10.1. The molecule has 0 radical (unpaired) electrons. The van der Waals surface area contributed by atoms with E-state index in [2.05, 4.69) is 13.8 Å². The fourth-order valence-electron chi connectivity index (χ4n) is 0.728. The van der Waals surface area contributed by atoms with E-state index in [1.54, 1.807) is 0 Å². The van der Waals surface area contributed by atoms with Crippen LogP contribution in [0, 0.1) is 5.92 Å². The molecule has 2 nitrogen and oxygen atoms in total. The summed E-state index contributed by atoms with van der Waals surface area (Å²) in [6, 6.07) is 0. The van der Waals surface area contributed by atoms with E-state index in [-0.39, 0.29) is 0 Å². The number of rotatable bonds is 7. The predicted molar refractivity (Wildman–Crippen MR) is 53.6 cm³/mol. The van der Waals surface area contributed by atoms with Crippen LogP contribution in [0.4, 0.5) is 0 Å². The summed E-state index contributed by atoms with van der Waals surface area (Å²) in [5.41, 5.74) is 0. The zero-order valence-electron chi connectivity index (χ0n) is 7.88. The molecule has 0 fully saturated rings. The van der Waals surface area contributed by atoms with E-state index in [4.69, 9.17) is 5.11 Å². The van der Waals surface area contributed by atoms with Crippen LogP contribution in [0.1, 0.15) is 33.1 Å². The van der Waals surface area contributed by atoms with E-state index in [1.165, 1.54) is 6.42 Å². The molecule has 72 valence electrons. The summed E-state index contributed by atoms with van der Waals surface area (Å²) in [6.45, 7) is 4.41. The lowest BCUT2D eigenvalue weighted by Crippen LogP contribution is -1.98. The third-order valence-electron chi connectivity index (χ3n) is 1.78. The number of carbonyl (C=O) groups is 1. The quantitative estimate of drug-likeness (QED) is 0.627. The van der Waals surface area contributed by atoms with Gasteiger partial charge in [-0.1, -0.05) is 20.3 Å². The van der Waals surface area contributed by atoms with Gasteiger partial charge in [0.2, 0.25) is 0 Å². The summed E-state index contributed by atoms with van der Waals surface area (Å²) in [4.78, 5) is 10.1. The molecule has 0 aromatic carbocycles. The van der Waals surface area contributed by atoms with Crippen molar-refractivity contribution >= 4 is 17.7 Å². The molecule has 0 amide bonds. The molecule has 1 N–H and O–H groups in total. The van der Waals surface area contributed by atoms with Crippen LogP contribution < -0.4 is 0 Å². The summed E-state index contributed by atoms with van der Waals surface area (Å²) in [5, 5.41) is 8.36. The van der Waals surface area contributed by atoms with E-state index in [9.17, 15) is 4.79 Å². The van der Waals surface area contributed by atoms with E-state index < -0.39 is 5.97 Å². The Morgan fingerprint density at radius 1 is 1.58 bits per heavy atom. The molecular weight excluding hydrogens is 172 g/mol. The molecule has 0 rings (SSSR count). The Balaban J connectivity index is 3.05.